The minimum Gasteiger partial charge on any atom is -0.483 e. The lowest BCUT2D eigenvalue weighted by Gasteiger charge is -2.12. The van der Waals surface area contributed by atoms with Crippen LogP contribution >= 0.6 is 0 Å². The highest BCUT2D eigenvalue weighted by molar-refractivity contribution is 5.97. The summed E-state index contributed by atoms with van der Waals surface area (Å²) in [5, 5.41) is 2.51. The predicted molar refractivity (Wildman–Crippen MR) is 117 cm³/mol. The van der Waals surface area contributed by atoms with Gasteiger partial charge in [-0.05, 0) is 30.2 Å². The Labute approximate surface area is 180 Å². The SMILES string of the molecule is Cc1ccccc1C(=O)NCC(=O)NNC(=O)COc1ccccc1-c1ccccc1. The summed E-state index contributed by atoms with van der Waals surface area (Å²) in [7, 11) is 0. The van der Waals surface area contributed by atoms with Gasteiger partial charge >= 0.3 is 0 Å². The van der Waals surface area contributed by atoms with Crippen LogP contribution in [0.25, 0.3) is 11.1 Å². The molecule has 0 saturated heterocycles. The maximum Gasteiger partial charge on any atom is 0.276 e. The van der Waals surface area contributed by atoms with Crippen LogP contribution in [0.5, 0.6) is 5.75 Å². The van der Waals surface area contributed by atoms with Crippen LogP contribution in [-0.4, -0.2) is 30.9 Å². The molecule has 0 heterocycles. The Hall–Kier alpha value is -4.13. The fraction of sp³-hybridized carbons (Fsp3) is 0.125. The lowest BCUT2D eigenvalue weighted by Crippen LogP contribution is -2.47. The normalized spacial score (nSPS) is 10.1. The maximum absolute atomic E-state index is 12.1. The summed E-state index contributed by atoms with van der Waals surface area (Å²) in [6.07, 6.45) is 0. The van der Waals surface area contributed by atoms with Crippen molar-refractivity contribution in [1.29, 1.82) is 0 Å². The molecule has 0 saturated carbocycles. The number of hydrogen-bond acceptors (Lipinski definition) is 4. The van der Waals surface area contributed by atoms with Gasteiger partial charge in [0.25, 0.3) is 17.7 Å². The topological polar surface area (TPSA) is 96.5 Å². The first-order valence-corrected chi connectivity index (χ1v) is 9.73. The molecule has 0 aliphatic heterocycles. The number of hydrazine groups is 1. The summed E-state index contributed by atoms with van der Waals surface area (Å²) in [5.74, 6) is -0.887. The summed E-state index contributed by atoms with van der Waals surface area (Å²) in [4.78, 5) is 36.1. The molecule has 0 aliphatic carbocycles. The second-order valence-electron chi connectivity index (χ2n) is 6.74. The van der Waals surface area contributed by atoms with E-state index in [0.29, 0.717) is 11.3 Å². The molecule has 0 unspecified atom stereocenters. The van der Waals surface area contributed by atoms with Crippen LogP contribution in [0.2, 0.25) is 0 Å². The average molecular weight is 417 g/mol. The van der Waals surface area contributed by atoms with E-state index in [0.717, 1.165) is 16.7 Å². The van der Waals surface area contributed by atoms with Crippen molar-refractivity contribution < 1.29 is 19.1 Å². The first kappa shape index (κ1) is 21.6. The van der Waals surface area contributed by atoms with Crippen LogP contribution in [-0.2, 0) is 9.59 Å². The van der Waals surface area contributed by atoms with Gasteiger partial charge in [-0.3, -0.25) is 25.2 Å². The Morgan fingerprint density at radius 1 is 0.774 bits per heavy atom. The number of amides is 3. The Balaban J connectivity index is 1.44. The molecule has 3 amide bonds. The lowest BCUT2D eigenvalue weighted by atomic mass is 10.1. The smallest absolute Gasteiger partial charge is 0.276 e. The molecule has 0 aromatic heterocycles. The van der Waals surface area contributed by atoms with Crippen molar-refractivity contribution in [3.8, 4) is 16.9 Å². The molecule has 158 valence electrons. The molecule has 0 aliphatic rings. The van der Waals surface area contributed by atoms with Crippen molar-refractivity contribution in [3.63, 3.8) is 0 Å². The van der Waals surface area contributed by atoms with Crippen molar-refractivity contribution >= 4 is 17.7 Å². The largest absolute Gasteiger partial charge is 0.483 e. The Morgan fingerprint density at radius 3 is 2.19 bits per heavy atom. The number of carbonyl (C=O) groups is 3. The van der Waals surface area contributed by atoms with Crippen LogP contribution in [0.15, 0.2) is 78.9 Å². The first-order valence-electron chi connectivity index (χ1n) is 9.73. The zero-order chi connectivity index (χ0) is 22.1. The molecule has 0 radical (unpaired) electrons. The Kier molecular flexibility index (Phi) is 7.37. The monoisotopic (exact) mass is 417 g/mol. The summed E-state index contributed by atoms with van der Waals surface area (Å²) in [6.45, 7) is 1.26. The van der Waals surface area contributed by atoms with Crippen molar-refractivity contribution in [1.82, 2.24) is 16.2 Å². The van der Waals surface area contributed by atoms with Gasteiger partial charge in [0.15, 0.2) is 6.61 Å². The van der Waals surface area contributed by atoms with E-state index in [1.54, 1.807) is 18.2 Å². The van der Waals surface area contributed by atoms with Crippen LogP contribution in [0.4, 0.5) is 0 Å². The Morgan fingerprint density at radius 2 is 1.42 bits per heavy atom. The minimum atomic E-state index is -0.556. The second-order valence-corrected chi connectivity index (χ2v) is 6.74. The summed E-state index contributed by atoms with van der Waals surface area (Å²) < 4.78 is 5.62. The predicted octanol–water partition coefficient (Wildman–Crippen LogP) is 2.62. The third-order valence-corrected chi connectivity index (χ3v) is 4.47. The summed E-state index contributed by atoms with van der Waals surface area (Å²) in [5.41, 5.74) is 7.65. The van der Waals surface area contributed by atoms with Crippen LogP contribution in [0.3, 0.4) is 0 Å². The van der Waals surface area contributed by atoms with E-state index in [2.05, 4.69) is 16.2 Å². The summed E-state index contributed by atoms with van der Waals surface area (Å²) >= 11 is 0. The molecular weight excluding hydrogens is 394 g/mol. The highest BCUT2D eigenvalue weighted by atomic mass is 16.5. The van der Waals surface area contributed by atoms with Gasteiger partial charge in [-0.1, -0.05) is 66.7 Å². The number of rotatable bonds is 7. The van der Waals surface area contributed by atoms with Gasteiger partial charge in [-0.15, -0.1) is 0 Å². The average Bonchev–Trinajstić information content (AvgIpc) is 2.81. The Bertz CT molecular complexity index is 1070. The quantitative estimate of drug-likeness (QED) is 0.515. The molecule has 7 nitrogen and oxygen atoms in total. The van der Waals surface area contributed by atoms with Crippen molar-refractivity contribution in [2.45, 2.75) is 6.92 Å². The zero-order valence-corrected chi connectivity index (χ0v) is 17.1. The van der Waals surface area contributed by atoms with E-state index in [1.807, 2.05) is 67.6 Å². The van der Waals surface area contributed by atoms with E-state index >= 15 is 0 Å². The minimum absolute atomic E-state index is 0.273. The van der Waals surface area contributed by atoms with Gasteiger partial charge < -0.3 is 10.1 Å². The number of carbonyl (C=O) groups excluding carboxylic acids is 3. The number of hydrogen-bond donors (Lipinski definition) is 3. The standard InChI is InChI=1S/C24H23N3O4/c1-17-9-5-6-12-19(17)24(30)25-15-22(28)26-27-23(29)16-31-21-14-8-7-13-20(21)18-10-3-2-4-11-18/h2-14H,15-16H2,1H3,(H,25,30)(H,26,28)(H,27,29). The molecule has 3 aromatic carbocycles. The number of nitrogens with one attached hydrogen (secondary N) is 3. The number of ether oxygens (including phenoxy) is 1. The van der Waals surface area contributed by atoms with Gasteiger partial charge in [0.1, 0.15) is 5.75 Å². The molecule has 3 N–H and O–H groups in total. The number of benzene rings is 3. The molecule has 3 rings (SSSR count). The van der Waals surface area contributed by atoms with E-state index in [9.17, 15) is 14.4 Å². The fourth-order valence-corrected chi connectivity index (χ4v) is 2.90. The molecule has 3 aromatic rings. The van der Waals surface area contributed by atoms with E-state index in [4.69, 9.17) is 4.74 Å². The molecule has 0 atom stereocenters. The highest BCUT2D eigenvalue weighted by Crippen LogP contribution is 2.29. The molecule has 31 heavy (non-hydrogen) atoms. The van der Waals surface area contributed by atoms with Gasteiger partial charge in [-0.2, -0.15) is 0 Å². The fourth-order valence-electron chi connectivity index (χ4n) is 2.90. The third kappa shape index (κ3) is 6.17. The number of para-hydroxylation sites is 1. The molecule has 0 bridgehead atoms. The van der Waals surface area contributed by atoms with Crippen molar-refractivity contribution in [2.24, 2.45) is 0 Å². The van der Waals surface area contributed by atoms with Gasteiger partial charge in [0.2, 0.25) is 0 Å². The first-order chi connectivity index (χ1) is 15.0. The van der Waals surface area contributed by atoms with Crippen LogP contribution in [0, 0.1) is 6.92 Å². The summed E-state index contributed by atoms with van der Waals surface area (Å²) in [6, 6.07) is 24.1. The van der Waals surface area contributed by atoms with E-state index < -0.39 is 11.8 Å². The highest BCUT2D eigenvalue weighted by Gasteiger charge is 2.12. The van der Waals surface area contributed by atoms with E-state index in [-0.39, 0.29) is 19.1 Å². The second kappa shape index (κ2) is 10.6. The van der Waals surface area contributed by atoms with Crippen molar-refractivity contribution in [3.05, 3.63) is 90.0 Å². The van der Waals surface area contributed by atoms with Crippen LogP contribution in [0.1, 0.15) is 15.9 Å². The van der Waals surface area contributed by atoms with Gasteiger partial charge in [-0.25, -0.2) is 0 Å². The number of aryl methyl sites for hydroxylation is 1. The van der Waals surface area contributed by atoms with Crippen molar-refractivity contribution in [2.75, 3.05) is 13.2 Å². The molecule has 0 spiro atoms. The zero-order valence-electron chi connectivity index (χ0n) is 17.1. The molecule has 0 fully saturated rings. The van der Waals surface area contributed by atoms with Gasteiger partial charge in [0.05, 0.1) is 6.54 Å². The molecule has 7 heteroatoms. The van der Waals surface area contributed by atoms with E-state index in [1.165, 1.54) is 0 Å². The molecular formula is C24H23N3O4. The third-order valence-electron chi connectivity index (χ3n) is 4.47. The lowest BCUT2D eigenvalue weighted by molar-refractivity contribution is -0.129. The maximum atomic E-state index is 12.1. The van der Waals surface area contributed by atoms with Gasteiger partial charge in [0, 0.05) is 11.1 Å². The van der Waals surface area contributed by atoms with Crippen LogP contribution < -0.4 is 20.9 Å².